The summed E-state index contributed by atoms with van der Waals surface area (Å²) in [4.78, 5) is 0. The van der Waals surface area contributed by atoms with E-state index >= 15 is 0 Å². The third-order valence-corrected chi connectivity index (χ3v) is 0. The molecule has 56 valence electrons. The molecule has 0 aliphatic heterocycles. The number of rotatable bonds is 0. The smallest absolute Gasteiger partial charge is 0.873 e. The van der Waals surface area contributed by atoms with Crippen LogP contribution in [0.4, 0.5) is 0 Å². The van der Waals surface area contributed by atoms with Crippen LogP contribution in [0.3, 0.4) is 0 Å². The van der Waals surface area contributed by atoms with Crippen LogP contribution in [-0.4, -0.2) is 32.9 Å². The monoisotopic (exact) mass is 212 g/mol. The van der Waals surface area contributed by atoms with Gasteiger partial charge >= 0.3 is 26.2 Å². The van der Waals surface area contributed by atoms with E-state index in [0.717, 1.165) is 0 Å². The Balaban J connectivity index is 0. The molecule has 0 rings (SSSR count). The molecule has 0 aromatic carbocycles. The minimum atomic E-state index is 0. The molecule has 10 N–H and O–H groups in total. The molecular formula is H10O7Zr. The van der Waals surface area contributed by atoms with Gasteiger partial charge in [-0.2, -0.15) is 0 Å². The van der Waals surface area contributed by atoms with Gasteiger partial charge in [-0.05, 0) is 0 Å². The number of hydrogen-bond acceptors (Lipinski definition) is 6. The van der Waals surface area contributed by atoms with Crippen LogP contribution < -0.4 is 0 Å². The molecule has 0 saturated heterocycles. The summed E-state index contributed by atoms with van der Waals surface area (Å²) in [5.74, 6) is 0. The van der Waals surface area contributed by atoms with Crippen molar-refractivity contribution in [3.8, 4) is 0 Å². The van der Waals surface area contributed by atoms with E-state index in [0.29, 0.717) is 0 Å². The van der Waals surface area contributed by atoms with Gasteiger partial charge in [-0.3, -0.25) is 0 Å². The van der Waals surface area contributed by atoms with Crippen molar-refractivity contribution in [2.75, 3.05) is 0 Å². The molecule has 7 nitrogen and oxygen atoms in total. The van der Waals surface area contributed by atoms with E-state index in [1.807, 2.05) is 0 Å². The predicted octanol–water partition coefficient (Wildman–Crippen LogP) is -2.25. The maximum absolute atomic E-state index is 0. The van der Waals surface area contributed by atoms with Crippen LogP contribution in [0.2, 0.25) is 0 Å². The SMILES string of the molecule is [OH-].[OH-].[OH-].[OH-].[OH-].[OH-].[OH4+2].[Zr+4]. The molecule has 0 aliphatic carbocycles. The molecule has 0 aromatic heterocycles. The summed E-state index contributed by atoms with van der Waals surface area (Å²) in [6, 6.07) is 0. The zero-order valence-electron chi connectivity index (χ0n) is 3.89. The average molecular weight is 213 g/mol. The Morgan fingerprint density at radius 1 is 0.375 bits per heavy atom. The van der Waals surface area contributed by atoms with Gasteiger partial charge in [-0.15, -0.1) is 0 Å². The molecule has 0 unspecified atom stereocenters. The van der Waals surface area contributed by atoms with Crippen LogP contribution in [0.15, 0.2) is 0 Å². The van der Waals surface area contributed by atoms with Gasteiger partial charge in [0.05, 0.1) is 0 Å². The van der Waals surface area contributed by atoms with Crippen LogP contribution >= 0.6 is 0 Å². The molecule has 0 bridgehead atoms. The van der Waals surface area contributed by atoms with Crippen LogP contribution in [0.25, 0.3) is 0 Å². The molecule has 0 amide bonds. The second kappa shape index (κ2) is 911. The van der Waals surface area contributed by atoms with Gasteiger partial charge in [0.15, 0.2) is 0 Å². The maximum Gasteiger partial charge on any atom is 4.00 e. The molecule has 8 heteroatoms. The first-order valence-corrected chi connectivity index (χ1v) is 0. The van der Waals surface area contributed by atoms with Gasteiger partial charge in [0.1, 0.15) is 0 Å². The summed E-state index contributed by atoms with van der Waals surface area (Å²) in [7, 11) is 0. The van der Waals surface area contributed by atoms with Crippen LogP contribution in [0.5, 0.6) is 0 Å². The van der Waals surface area contributed by atoms with Gasteiger partial charge in [0, 0.05) is 0 Å². The molecule has 0 aliphatic rings. The maximum atomic E-state index is 0. The van der Waals surface area contributed by atoms with E-state index in [1.54, 1.807) is 0 Å². The van der Waals surface area contributed by atoms with Crippen LogP contribution in [0.1, 0.15) is 0 Å². The van der Waals surface area contributed by atoms with Gasteiger partial charge < -0.3 is 38.3 Å². The topological polar surface area (TPSA) is 214 Å². The molecule has 0 radical (unpaired) electrons. The molecular weight excluding hydrogens is 203 g/mol. The van der Waals surface area contributed by atoms with Crippen molar-refractivity contribution in [1.29, 1.82) is 0 Å². The fraction of sp³-hybridized carbons (Fsp3) is 0. The molecule has 8 heavy (non-hydrogen) atoms. The normalized spacial score (nSPS) is 0. The summed E-state index contributed by atoms with van der Waals surface area (Å²) in [6.45, 7) is 0. The predicted molar refractivity (Wildman–Crippen MR) is 17.9 cm³/mol. The Morgan fingerprint density at radius 3 is 0.375 bits per heavy atom. The van der Waals surface area contributed by atoms with E-state index in [-0.39, 0.29) is 64.5 Å². The third-order valence-electron chi connectivity index (χ3n) is 0. The second-order valence-corrected chi connectivity index (χ2v) is 0. The van der Waals surface area contributed by atoms with Gasteiger partial charge in [0.2, 0.25) is 0 Å². The minimum Gasteiger partial charge on any atom is -0.873 e. The van der Waals surface area contributed by atoms with E-state index in [2.05, 4.69) is 0 Å². The summed E-state index contributed by atoms with van der Waals surface area (Å²) in [6.07, 6.45) is 0. The zero-order chi connectivity index (χ0) is 0. The Morgan fingerprint density at radius 2 is 0.375 bits per heavy atom. The van der Waals surface area contributed by atoms with Crippen molar-refractivity contribution >= 4 is 0 Å². The molecule has 0 aromatic rings. The fourth-order valence-corrected chi connectivity index (χ4v) is 0. The molecule has 0 heterocycles. The van der Waals surface area contributed by atoms with E-state index < -0.39 is 0 Å². The Kier molecular flexibility index (Phi) is 156000. The summed E-state index contributed by atoms with van der Waals surface area (Å²) in [5.41, 5.74) is 0. The summed E-state index contributed by atoms with van der Waals surface area (Å²) >= 11 is 0. The molecule has 0 atom stereocenters. The van der Waals surface area contributed by atoms with E-state index in [9.17, 15) is 0 Å². The van der Waals surface area contributed by atoms with Gasteiger partial charge in [-0.1, -0.05) is 0 Å². The summed E-state index contributed by atoms with van der Waals surface area (Å²) in [5, 5.41) is 0. The van der Waals surface area contributed by atoms with E-state index in [4.69, 9.17) is 0 Å². The fourth-order valence-electron chi connectivity index (χ4n) is 0. The molecule has 0 spiro atoms. The quantitative estimate of drug-likeness (QED) is 0.432. The standard InChI is InChI=1S/H4O.6H2O.Zr/h1H4;6*1H2;/q+2;;;;;;;+4/p-6. The average Bonchev–Trinajstić information content (AvgIpc) is 0. The summed E-state index contributed by atoms with van der Waals surface area (Å²) < 4.78 is 0. The van der Waals surface area contributed by atoms with Crippen molar-refractivity contribution in [3.63, 3.8) is 0 Å². The third kappa shape index (κ3) is 570. The van der Waals surface area contributed by atoms with Crippen molar-refractivity contribution in [3.05, 3.63) is 0 Å². The number of hydrogen-bond donors (Lipinski definition) is 0. The minimum absolute atomic E-state index is 0. The Hall–Kier alpha value is 0.603. The second-order valence-electron chi connectivity index (χ2n) is 0. The van der Waals surface area contributed by atoms with Crippen molar-refractivity contribution in [2.24, 2.45) is 0 Å². The Bertz CT molecular complexity index is 4.35. The van der Waals surface area contributed by atoms with Crippen LogP contribution in [-0.2, 0) is 31.7 Å². The van der Waals surface area contributed by atoms with Crippen molar-refractivity contribution in [1.82, 2.24) is 0 Å². The van der Waals surface area contributed by atoms with Gasteiger partial charge in [0.25, 0.3) is 0 Å². The first kappa shape index (κ1) is 1370. The first-order chi connectivity index (χ1) is 0. The molecule has 0 saturated carbocycles. The molecule has 0 fully saturated rings. The van der Waals surface area contributed by atoms with Crippen molar-refractivity contribution < 1.29 is 64.5 Å². The largest absolute Gasteiger partial charge is 4.00 e. The van der Waals surface area contributed by atoms with Crippen LogP contribution in [0, 0.1) is 0 Å². The van der Waals surface area contributed by atoms with E-state index in [1.165, 1.54) is 0 Å². The Labute approximate surface area is 65.0 Å². The first-order valence-electron chi connectivity index (χ1n) is 0. The van der Waals surface area contributed by atoms with Crippen molar-refractivity contribution in [2.45, 2.75) is 0 Å². The van der Waals surface area contributed by atoms with Gasteiger partial charge in [-0.25, -0.2) is 0 Å². The zero-order valence-corrected chi connectivity index (χ0v) is 6.35.